The molecule has 0 N–H and O–H groups in total. The first kappa shape index (κ1) is 8.63. The van der Waals surface area contributed by atoms with Crippen LogP contribution in [0, 0.1) is 0 Å². The molecule has 0 radical (unpaired) electrons. The van der Waals surface area contributed by atoms with Crippen molar-refractivity contribution < 1.29 is 4.74 Å². The van der Waals surface area contributed by atoms with Crippen molar-refractivity contribution in [2.75, 3.05) is 12.9 Å². The number of methoxy groups -OCH3 is 1. The molecule has 0 saturated carbocycles. The highest BCUT2D eigenvalue weighted by molar-refractivity contribution is 7.98. The Balaban J connectivity index is 2.17. The highest BCUT2D eigenvalue weighted by Gasteiger charge is 2.13. The molecular weight excluding hydrogens is 182 g/mol. The Kier molecular flexibility index (Phi) is 2.54. The Hall–Kier alpha value is -0.960. The fourth-order valence-corrected chi connectivity index (χ4v) is 2.07. The maximum atomic E-state index is 5.09. The zero-order valence-electron chi connectivity index (χ0n) is 7.43. The molecule has 13 heavy (non-hydrogen) atoms. The Labute approximate surface area is 82.2 Å². The van der Waals surface area contributed by atoms with E-state index in [0.717, 1.165) is 11.5 Å². The van der Waals surface area contributed by atoms with Gasteiger partial charge in [0.15, 0.2) is 0 Å². The van der Waals surface area contributed by atoms with Gasteiger partial charge in [0, 0.05) is 17.9 Å². The number of rotatable bonds is 2. The molecule has 1 unspecified atom stereocenters. The van der Waals surface area contributed by atoms with E-state index in [2.05, 4.69) is 16.5 Å². The Morgan fingerprint density at radius 2 is 2.15 bits per heavy atom. The minimum atomic E-state index is 0.482. The van der Waals surface area contributed by atoms with Crippen LogP contribution in [0.4, 0.5) is 0 Å². The molecule has 68 valence electrons. The van der Waals surface area contributed by atoms with Gasteiger partial charge in [-0.3, -0.25) is 0 Å². The molecule has 0 aromatic heterocycles. The minimum Gasteiger partial charge on any atom is -0.497 e. The maximum Gasteiger partial charge on any atom is 0.118 e. The van der Waals surface area contributed by atoms with Crippen LogP contribution in [0.15, 0.2) is 28.7 Å². The molecule has 0 fully saturated rings. The van der Waals surface area contributed by atoms with E-state index < -0.39 is 0 Å². The van der Waals surface area contributed by atoms with Gasteiger partial charge in [-0.25, -0.2) is 4.40 Å². The lowest BCUT2D eigenvalue weighted by Crippen LogP contribution is -1.98. The van der Waals surface area contributed by atoms with Crippen LogP contribution in [0.5, 0.6) is 5.75 Å². The second kappa shape index (κ2) is 3.83. The summed E-state index contributed by atoms with van der Waals surface area (Å²) in [4.78, 5) is 0. The van der Waals surface area contributed by atoms with Crippen LogP contribution in [0.1, 0.15) is 11.5 Å². The van der Waals surface area contributed by atoms with Crippen LogP contribution in [0.3, 0.4) is 0 Å². The maximum absolute atomic E-state index is 5.09. The van der Waals surface area contributed by atoms with Crippen LogP contribution < -0.4 is 4.74 Å². The fourth-order valence-electron chi connectivity index (χ4n) is 1.32. The molecule has 0 aliphatic carbocycles. The van der Waals surface area contributed by atoms with Gasteiger partial charge in [0.2, 0.25) is 0 Å². The molecule has 0 saturated heterocycles. The van der Waals surface area contributed by atoms with Gasteiger partial charge in [0.1, 0.15) is 5.75 Å². The minimum absolute atomic E-state index is 0.482. The number of benzene rings is 1. The summed E-state index contributed by atoms with van der Waals surface area (Å²) in [5, 5.41) is 0. The van der Waals surface area contributed by atoms with Crippen molar-refractivity contribution in [2.24, 2.45) is 4.40 Å². The van der Waals surface area contributed by atoms with Crippen LogP contribution in [0.25, 0.3) is 0 Å². The van der Waals surface area contributed by atoms with E-state index in [4.69, 9.17) is 4.74 Å². The molecule has 0 bridgehead atoms. The molecule has 1 aliphatic rings. The van der Waals surface area contributed by atoms with E-state index in [0.29, 0.717) is 5.92 Å². The molecule has 1 heterocycles. The summed E-state index contributed by atoms with van der Waals surface area (Å²) >= 11 is 1.63. The van der Waals surface area contributed by atoms with E-state index in [1.807, 2.05) is 18.3 Å². The fraction of sp³-hybridized carbons (Fsp3) is 0.300. The lowest BCUT2D eigenvalue weighted by molar-refractivity contribution is 0.414. The third kappa shape index (κ3) is 1.86. The molecule has 0 amide bonds. The summed E-state index contributed by atoms with van der Waals surface area (Å²) in [6.07, 6.45) is 2.01. The van der Waals surface area contributed by atoms with Crippen molar-refractivity contribution >= 4 is 18.2 Å². The van der Waals surface area contributed by atoms with Crippen molar-refractivity contribution in [3.63, 3.8) is 0 Å². The molecule has 0 spiro atoms. The van der Waals surface area contributed by atoms with Gasteiger partial charge in [0.05, 0.1) is 7.11 Å². The molecule has 2 nitrogen and oxygen atoms in total. The zero-order chi connectivity index (χ0) is 9.10. The van der Waals surface area contributed by atoms with Gasteiger partial charge >= 0.3 is 0 Å². The molecule has 3 heteroatoms. The smallest absolute Gasteiger partial charge is 0.118 e. The molecular formula is C10H11NOS. The Bertz CT molecular complexity index is 307. The second-order valence-electron chi connectivity index (χ2n) is 2.93. The largest absolute Gasteiger partial charge is 0.497 e. The van der Waals surface area contributed by atoms with Crippen LogP contribution in [-0.2, 0) is 0 Å². The summed E-state index contributed by atoms with van der Waals surface area (Å²) in [7, 11) is 1.68. The van der Waals surface area contributed by atoms with Crippen molar-refractivity contribution in [1.29, 1.82) is 0 Å². The predicted molar refractivity (Wildman–Crippen MR) is 56.7 cm³/mol. The molecule has 2 rings (SSSR count). The van der Waals surface area contributed by atoms with E-state index >= 15 is 0 Å². The predicted octanol–water partition coefficient (Wildman–Crippen LogP) is 2.51. The van der Waals surface area contributed by atoms with E-state index in [-0.39, 0.29) is 0 Å². The Morgan fingerprint density at radius 1 is 1.38 bits per heavy atom. The second-order valence-corrected chi connectivity index (χ2v) is 3.73. The molecule has 1 aromatic rings. The summed E-state index contributed by atoms with van der Waals surface area (Å²) in [6.45, 7) is 0. The number of hydrogen-bond acceptors (Lipinski definition) is 3. The normalized spacial score (nSPS) is 20.5. The quantitative estimate of drug-likeness (QED) is 0.673. The Morgan fingerprint density at radius 3 is 2.69 bits per heavy atom. The van der Waals surface area contributed by atoms with Gasteiger partial charge in [0.25, 0.3) is 0 Å². The average Bonchev–Trinajstić information content (AvgIpc) is 2.71. The average molecular weight is 193 g/mol. The van der Waals surface area contributed by atoms with E-state index in [1.54, 1.807) is 19.1 Å². The first-order valence-electron chi connectivity index (χ1n) is 4.19. The van der Waals surface area contributed by atoms with Crippen LogP contribution in [0.2, 0.25) is 0 Å². The zero-order valence-corrected chi connectivity index (χ0v) is 8.25. The van der Waals surface area contributed by atoms with E-state index in [1.165, 1.54) is 5.56 Å². The first-order valence-corrected chi connectivity index (χ1v) is 5.14. The topological polar surface area (TPSA) is 21.6 Å². The van der Waals surface area contributed by atoms with Crippen molar-refractivity contribution in [3.05, 3.63) is 29.8 Å². The van der Waals surface area contributed by atoms with Crippen molar-refractivity contribution in [1.82, 2.24) is 0 Å². The lowest BCUT2D eigenvalue weighted by Gasteiger charge is -2.06. The molecule has 1 atom stereocenters. The molecule has 1 aliphatic heterocycles. The highest BCUT2D eigenvalue weighted by Crippen LogP contribution is 2.26. The number of hydrogen-bond donors (Lipinski definition) is 0. The van der Waals surface area contributed by atoms with Gasteiger partial charge < -0.3 is 4.74 Å². The standard InChI is InChI=1S/C10H11NOS/c1-12-10-4-2-8(3-5-10)9-6-11-13-7-9/h2-6,9H,7H2,1H3. The third-order valence-electron chi connectivity index (χ3n) is 2.11. The lowest BCUT2D eigenvalue weighted by atomic mass is 10.0. The summed E-state index contributed by atoms with van der Waals surface area (Å²) in [5.41, 5.74) is 1.31. The van der Waals surface area contributed by atoms with Gasteiger partial charge in [-0.2, -0.15) is 0 Å². The summed E-state index contributed by atoms with van der Waals surface area (Å²) in [6, 6.07) is 8.18. The first-order chi connectivity index (χ1) is 6.40. The van der Waals surface area contributed by atoms with Crippen molar-refractivity contribution in [3.8, 4) is 5.75 Å². The molecule has 1 aromatic carbocycles. The number of nitrogens with zero attached hydrogens (tertiary/aromatic N) is 1. The summed E-state index contributed by atoms with van der Waals surface area (Å²) in [5.74, 6) is 2.45. The number of ether oxygens (including phenoxy) is 1. The SMILES string of the molecule is COc1ccc(C2C=NSC2)cc1. The van der Waals surface area contributed by atoms with E-state index in [9.17, 15) is 0 Å². The highest BCUT2D eigenvalue weighted by atomic mass is 32.2. The van der Waals surface area contributed by atoms with Crippen molar-refractivity contribution in [2.45, 2.75) is 5.92 Å². The third-order valence-corrected chi connectivity index (χ3v) is 2.89. The van der Waals surface area contributed by atoms with Gasteiger partial charge in [-0.15, -0.1) is 0 Å². The van der Waals surface area contributed by atoms with Gasteiger partial charge in [-0.1, -0.05) is 12.1 Å². The van der Waals surface area contributed by atoms with Gasteiger partial charge in [-0.05, 0) is 29.6 Å². The summed E-state index contributed by atoms with van der Waals surface area (Å²) < 4.78 is 9.24. The van der Waals surface area contributed by atoms with Crippen LogP contribution in [-0.4, -0.2) is 19.1 Å². The van der Waals surface area contributed by atoms with Crippen LogP contribution >= 0.6 is 11.9 Å². The monoisotopic (exact) mass is 193 g/mol.